The zero-order chi connectivity index (χ0) is 14.6. The maximum atomic E-state index is 12.9. The molecule has 0 bridgehead atoms. The molecule has 0 saturated carbocycles. The lowest BCUT2D eigenvalue weighted by atomic mass is 10.2. The molecule has 0 aromatic heterocycles. The number of hydrogen-bond acceptors (Lipinski definition) is 0. The molecule has 0 heterocycles. The van der Waals surface area contributed by atoms with Crippen LogP contribution in [0.4, 0.5) is 4.39 Å². The first-order chi connectivity index (χ1) is 8.80. The Labute approximate surface area is 118 Å². The van der Waals surface area contributed by atoms with Crippen LogP contribution in [0, 0.1) is 17.3 Å². The van der Waals surface area contributed by atoms with E-state index in [1.165, 1.54) is 12.1 Å². The summed E-state index contributed by atoms with van der Waals surface area (Å²) < 4.78 is 12.9. The van der Waals surface area contributed by atoms with Gasteiger partial charge >= 0.3 is 0 Å². The highest BCUT2D eigenvalue weighted by atomic mass is 28.3. The first-order valence-electron chi connectivity index (χ1n) is 7.09. The van der Waals surface area contributed by atoms with Crippen LogP contribution >= 0.6 is 0 Å². The Kier molecular flexibility index (Phi) is 5.37. The van der Waals surface area contributed by atoms with Crippen molar-refractivity contribution in [3.8, 4) is 11.5 Å². The fourth-order valence-corrected chi connectivity index (χ4v) is 8.37. The Balaban J connectivity index is 3.19. The number of hydrogen-bond donors (Lipinski definition) is 0. The Bertz CT molecular complexity index is 439. The topological polar surface area (TPSA) is 0 Å². The molecule has 0 aliphatic rings. The van der Waals surface area contributed by atoms with E-state index in [2.05, 4.69) is 53.0 Å². The Morgan fingerprint density at radius 1 is 0.842 bits per heavy atom. The standard InChI is InChI=1S/C17H25FSi/c1-13(2)19(14(3)4,15(5)6)12-11-16-7-9-17(18)10-8-16/h7-10,13-15H,1-6H3. The smallest absolute Gasteiger partial charge is 0.146 e. The van der Waals surface area contributed by atoms with Gasteiger partial charge in [-0.2, -0.15) is 0 Å². The van der Waals surface area contributed by atoms with Crippen LogP contribution < -0.4 is 0 Å². The summed E-state index contributed by atoms with van der Waals surface area (Å²) in [5.74, 6) is 3.10. The van der Waals surface area contributed by atoms with Crippen LogP contribution in [0.25, 0.3) is 0 Å². The summed E-state index contributed by atoms with van der Waals surface area (Å²) in [7, 11) is -1.68. The summed E-state index contributed by atoms with van der Waals surface area (Å²) in [6, 6.07) is 6.49. The summed E-state index contributed by atoms with van der Waals surface area (Å²) >= 11 is 0. The van der Waals surface area contributed by atoms with Crippen molar-refractivity contribution in [1.82, 2.24) is 0 Å². The fourth-order valence-electron chi connectivity index (χ4n) is 3.15. The van der Waals surface area contributed by atoms with Gasteiger partial charge in [0.1, 0.15) is 13.9 Å². The van der Waals surface area contributed by atoms with Gasteiger partial charge in [-0.1, -0.05) is 47.5 Å². The molecular formula is C17H25FSi. The summed E-state index contributed by atoms with van der Waals surface area (Å²) in [6.07, 6.45) is 0. The lowest BCUT2D eigenvalue weighted by Crippen LogP contribution is -2.43. The molecule has 0 N–H and O–H groups in total. The summed E-state index contributed by atoms with van der Waals surface area (Å²) in [5, 5.41) is 0. The van der Waals surface area contributed by atoms with Crippen molar-refractivity contribution in [1.29, 1.82) is 0 Å². The lowest BCUT2D eigenvalue weighted by molar-refractivity contribution is 0.627. The van der Waals surface area contributed by atoms with Crippen LogP contribution in [0.1, 0.15) is 47.1 Å². The molecule has 1 aromatic rings. The van der Waals surface area contributed by atoms with E-state index < -0.39 is 8.07 Å². The number of halogens is 1. The van der Waals surface area contributed by atoms with Gasteiger partial charge in [-0.15, -0.1) is 5.54 Å². The quantitative estimate of drug-likeness (QED) is 0.512. The summed E-state index contributed by atoms with van der Waals surface area (Å²) in [4.78, 5) is 0. The largest absolute Gasteiger partial charge is 0.207 e. The molecule has 0 unspecified atom stereocenters. The third-order valence-electron chi connectivity index (χ3n) is 4.13. The molecule has 1 aromatic carbocycles. The average Bonchev–Trinajstić information content (AvgIpc) is 2.30. The molecule has 0 atom stereocenters. The van der Waals surface area contributed by atoms with E-state index in [0.29, 0.717) is 16.6 Å². The summed E-state index contributed by atoms with van der Waals surface area (Å²) in [6.45, 7) is 13.8. The molecule has 2 heteroatoms. The molecule has 0 aliphatic carbocycles. The van der Waals surface area contributed by atoms with Crippen LogP contribution in [0.3, 0.4) is 0 Å². The summed E-state index contributed by atoms with van der Waals surface area (Å²) in [5.41, 5.74) is 6.43. The Morgan fingerprint density at radius 2 is 1.26 bits per heavy atom. The minimum atomic E-state index is -1.68. The first kappa shape index (κ1) is 16.0. The Hall–Kier alpha value is -1.07. The average molecular weight is 276 g/mol. The zero-order valence-electron chi connectivity index (χ0n) is 12.9. The van der Waals surface area contributed by atoms with Gasteiger partial charge in [0.25, 0.3) is 0 Å². The highest BCUT2D eigenvalue weighted by molar-refractivity contribution is 6.90. The molecule has 0 nitrogen and oxygen atoms in total. The maximum Gasteiger partial charge on any atom is 0.146 e. The van der Waals surface area contributed by atoms with E-state index in [9.17, 15) is 4.39 Å². The van der Waals surface area contributed by atoms with Gasteiger partial charge in [0.15, 0.2) is 0 Å². The lowest BCUT2D eigenvalue weighted by Gasteiger charge is -2.38. The molecular weight excluding hydrogens is 251 g/mol. The van der Waals surface area contributed by atoms with Gasteiger partial charge < -0.3 is 0 Å². The minimum Gasteiger partial charge on any atom is -0.207 e. The Morgan fingerprint density at radius 3 is 1.63 bits per heavy atom. The number of benzene rings is 1. The van der Waals surface area contributed by atoms with Crippen molar-refractivity contribution in [2.24, 2.45) is 0 Å². The van der Waals surface area contributed by atoms with E-state index in [1.54, 1.807) is 12.1 Å². The SMILES string of the molecule is CC(C)[Si](C#Cc1ccc(F)cc1)(C(C)C)C(C)C. The van der Waals surface area contributed by atoms with Crippen LogP contribution in [-0.2, 0) is 0 Å². The van der Waals surface area contributed by atoms with Crippen molar-refractivity contribution in [2.45, 2.75) is 58.2 Å². The van der Waals surface area contributed by atoms with Gasteiger partial charge in [-0.3, -0.25) is 0 Å². The van der Waals surface area contributed by atoms with E-state index in [0.717, 1.165) is 5.56 Å². The van der Waals surface area contributed by atoms with Crippen molar-refractivity contribution < 1.29 is 4.39 Å². The fraction of sp³-hybridized carbons (Fsp3) is 0.529. The van der Waals surface area contributed by atoms with E-state index in [4.69, 9.17) is 0 Å². The normalized spacial score (nSPS) is 11.9. The predicted molar refractivity (Wildman–Crippen MR) is 84.3 cm³/mol. The third kappa shape index (κ3) is 3.48. The first-order valence-corrected chi connectivity index (χ1v) is 9.32. The van der Waals surface area contributed by atoms with Crippen LogP contribution in [0.15, 0.2) is 24.3 Å². The molecule has 19 heavy (non-hydrogen) atoms. The molecule has 0 spiro atoms. The van der Waals surface area contributed by atoms with Gasteiger partial charge in [-0.05, 0) is 40.9 Å². The maximum absolute atomic E-state index is 12.9. The van der Waals surface area contributed by atoms with Crippen LogP contribution in [0.2, 0.25) is 16.6 Å². The van der Waals surface area contributed by atoms with Crippen molar-refractivity contribution in [3.05, 3.63) is 35.6 Å². The second kappa shape index (κ2) is 6.39. The highest BCUT2D eigenvalue weighted by Crippen LogP contribution is 2.40. The molecule has 0 aliphatic heterocycles. The second-order valence-electron chi connectivity index (χ2n) is 6.15. The zero-order valence-corrected chi connectivity index (χ0v) is 13.9. The molecule has 0 fully saturated rings. The predicted octanol–water partition coefficient (Wildman–Crippen LogP) is 5.40. The van der Waals surface area contributed by atoms with E-state index in [-0.39, 0.29) is 5.82 Å². The molecule has 0 amide bonds. The minimum absolute atomic E-state index is 0.203. The van der Waals surface area contributed by atoms with Crippen molar-refractivity contribution in [2.75, 3.05) is 0 Å². The van der Waals surface area contributed by atoms with E-state index in [1.807, 2.05) is 0 Å². The van der Waals surface area contributed by atoms with Crippen molar-refractivity contribution >= 4 is 8.07 Å². The second-order valence-corrected chi connectivity index (χ2v) is 11.7. The van der Waals surface area contributed by atoms with Gasteiger partial charge in [0, 0.05) is 5.56 Å². The van der Waals surface area contributed by atoms with Crippen LogP contribution in [0.5, 0.6) is 0 Å². The van der Waals surface area contributed by atoms with Crippen LogP contribution in [-0.4, -0.2) is 8.07 Å². The number of rotatable bonds is 3. The third-order valence-corrected chi connectivity index (χ3v) is 10.4. The molecule has 0 saturated heterocycles. The highest BCUT2D eigenvalue weighted by Gasteiger charge is 2.41. The van der Waals surface area contributed by atoms with E-state index >= 15 is 0 Å². The molecule has 104 valence electrons. The van der Waals surface area contributed by atoms with Gasteiger partial charge in [0.05, 0.1) is 0 Å². The molecule has 1 rings (SSSR count). The van der Waals surface area contributed by atoms with Gasteiger partial charge in [-0.25, -0.2) is 4.39 Å². The van der Waals surface area contributed by atoms with Gasteiger partial charge in [0.2, 0.25) is 0 Å². The van der Waals surface area contributed by atoms with Crippen molar-refractivity contribution in [3.63, 3.8) is 0 Å². The molecule has 0 radical (unpaired) electrons. The monoisotopic (exact) mass is 276 g/mol.